The first kappa shape index (κ1) is 21.6. The molecule has 0 aliphatic carbocycles. The summed E-state index contributed by atoms with van der Waals surface area (Å²) < 4.78 is 33.7. The van der Waals surface area contributed by atoms with E-state index in [1.165, 1.54) is 23.1 Å². The van der Waals surface area contributed by atoms with E-state index in [2.05, 4.69) is 0 Å². The normalized spacial score (nSPS) is 21.9. The van der Waals surface area contributed by atoms with Crippen molar-refractivity contribution in [2.24, 2.45) is 0 Å². The first-order chi connectivity index (χ1) is 13.6. The largest absolute Gasteiger partial charge is 0.490 e. The third kappa shape index (κ3) is 4.56. The van der Waals surface area contributed by atoms with E-state index >= 15 is 0 Å². The average molecular weight is 448 g/mol. The van der Waals surface area contributed by atoms with Gasteiger partial charge in [-0.15, -0.1) is 0 Å². The summed E-state index contributed by atoms with van der Waals surface area (Å²) in [6.07, 6.45) is -1.42. The molecule has 2 aromatic carbocycles. The molecular formula is C19H17Cl2F2NO5. The van der Waals surface area contributed by atoms with Gasteiger partial charge in [-0.1, -0.05) is 23.2 Å². The van der Waals surface area contributed by atoms with Gasteiger partial charge in [0.15, 0.2) is 11.6 Å². The fourth-order valence-corrected chi connectivity index (χ4v) is 3.53. The van der Waals surface area contributed by atoms with Crippen LogP contribution in [0.1, 0.15) is 16.8 Å². The maximum atomic E-state index is 14.1. The van der Waals surface area contributed by atoms with Crippen LogP contribution >= 0.6 is 23.2 Å². The maximum absolute atomic E-state index is 14.1. The van der Waals surface area contributed by atoms with Gasteiger partial charge in [0.05, 0.1) is 10.6 Å². The summed E-state index contributed by atoms with van der Waals surface area (Å²) in [5, 5.41) is 30.2. The van der Waals surface area contributed by atoms with Crippen LogP contribution in [-0.4, -0.2) is 52.7 Å². The number of piperidine rings is 1. The first-order valence-corrected chi connectivity index (χ1v) is 9.32. The zero-order valence-electron chi connectivity index (χ0n) is 14.9. The number of carboxylic acid groups (broad SMARTS) is 1. The Bertz CT molecular complexity index is 922. The molecule has 3 rings (SSSR count). The van der Waals surface area contributed by atoms with E-state index < -0.39 is 29.3 Å². The summed E-state index contributed by atoms with van der Waals surface area (Å²) in [4.78, 5) is 12.4. The van der Waals surface area contributed by atoms with Crippen molar-refractivity contribution in [2.75, 3.05) is 24.6 Å². The van der Waals surface area contributed by atoms with E-state index in [1.54, 1.807) is 0 Å². The predicted octanol–water partition coefficient (Wildman–Crippen LogP) is 3.35. The van der Waals surface area contributed by atoms with Crippen LogP contribution in [0.3, 0.4) is 0 Å². The molecule has 1 fully saturated rings. The van der Waals surface area contributed by atoms with Crippen molar-refractivity contribution in [1.29, 1.82) is 0 Å². The van der Waals surface area contributed by atoms with Crippen molar-refractivity contribution in [3.8, 4) is 5.75 Å². The number of aliphatic hydroxyl groups excluding tert-OH is 1. The number of carboxylic acids is 1. The molecule has 1 aliphatic rings. The molecule has 10 heteroatoms. The summed E-state index contributed by atoms with van der Waals surface area (Å²) in [6, 6.07) is 5.91. The maximum Gasteiger partial charge on any atom is 0.337 e. The number of halogens is 4. The van der Waals surface area contributed by atoms with Gasteiger partial charge < -0.3 is 25.0 Å². The molecule has 29 heavy (non-hydrogen) atoms. The topological polar surface area (TPSA) is 90.2 Å². The summed E-state index contributed by atoms with van der Waals surface area (Å²) in [6.45, 7) is -0.544. The molecule has 0 saturated carbocycles. The van der Waals surface area contributed by atoms with Crippen molar-refractivity contribution in [3.63, 3.8) is 0 Å². The highest BCUT2D eigenvalue weighted by Crippen LogP contribution is 2.33. The van der Waals surface area contributed by atoms with Crippen LogP contribution in [0.5, 0.6) is 5.75 Å². The van der Waals surface area contributed by atoms with Gasteiger partial charge in [-0.05, 0) is 36.8 Å². The van der Waals surface area contributed by atoms with Gasteiger partial charge in [-0.3, -0.25) is 0 Å². The fourth-order valence-electron chi connectivity index (χ4n) is 3.14. The lowest BCUT2D eigenvalue weighted by atomic mass is 9.89. The van der Waals surface area contributed by atoms with E-state index in [4.69, 9.17) is 33.0 Å². The number of hydrogen-bond acceptors (Lipinski definition) is 5. The van der Waals surface area contributed by atoms with Crippen LogP contribution in [-0.2, 0) is 0 Å². The Hall–Kier alpha value is -2.13. The van der Waals surface area contributed by atoms with Gasteiger partial charge in [0, 0.05) is 18.1 Å². The number of ether oxygens (including phenoxy) is 1. The van der Waals surface area contributed by atoms with Crippen molar-refractivity contribution in [2.45, 2.75) is 18.1 Å². The Morgan fingerprint density at radius 3 is 2.48 bits per heavy atom. The molecule has 0 amide bonds. The minimum Gasteiger partial charge on any atom is -0.490 e. The summed E-state index contributed by atoms with van der Waals surface area (Å²) >= 11 is 11.4. The molecule has 156 valence electrons. The van der Waals surface area contributed by atoms with E-state index in [0.29, 0.717) is 0 Å². The lowest BCUT2D eigenvalue weighted by molar-refractivity contribution is -0.108. The van der Waals surface area contributed by atoms with Gasteiger partial charge in [0.2, 0.25) is 0 Å². The molecule has 0 aromatic heterocycles. The zero-order chi connectivity index (χ0) is 21.3. The van der Waals surface area contributed by atoms with Crippen LogP contribution in [0.25, 0.3) is 0 Å². The summed E-state index contributed by atoms with van der Waals surface area (Å²) in [5.41, 5.74) is -2.20. The summed E-state index contributed by atoms with van der Waals surface area (Å²) in [5.74, 6) is -2.83. The van der Waals surface area contributed by atoms with E-state index in [-0.39, 0.29) is 53.2 Å². The molecule has 0 unspecified atom stereocenters. The van der Waals surface area contributed by atoms with Crippen LogP contribution < -0.4 is 9.64 Å². The second kappa shape index (κ2) is 8.31. The number of hydrogen-bond donors (Lipinski definition) is 3. The summed E-state index contributed by atoms with van der Waals surface area (Å²) in [7, 11) is 0. The van der Waals surface area contributed by atoms with Crippen molar-refractivity contribution < 1.29 is 33.6 Å². The molecule has 0 spiro atoms. The fraction of sp³-hybridized carbons (Fsp3) is 0.316. The quantitative estimate of drug-likeness (QED) is 0.650. The highest BCUT2D eigenvalue weighted by atomic mass is 35.5. The van der Waals surface area contributed by atoms with E-state index in [0.717, 1.165) is 12.1 Å². The molecule has 1 aliphatic heterocycles. The number of rotatable bonds is 5. The number of β-amino-alcohol motifs (C(OH)–C–C–N with tert-alkyl or cyclic N) is 1. The monoisotopic (exact) mass is 447 g/mol. The van der Waals surface area contributed by atoms with Gasteiger partial charge in [-0.25, -0.2) is 13.6 Å². The van der Waals surface area contributed by atoms with Gasteiger partial charge >= 0.3 is 5.97 Å². The molecule has 0 bridgehead atoms. The van der Waals surface area contributed by atoms with Gasteiger partial charge in [0.25, 0.3) is 0 Å². The molecule has 2 atom stereocenters. The Kier molecular flexibility index (Phi) is 6.19. The average Bonchev–Trinajstić information content (AvgIpc) is 2.63. The number of aromatic carboxylic acids is 1. The Balaban J connectivity index is 1.70. The molecule has 3 N–H and O–H groups in total. The molecule has 1 saturated heterocycles. The second-order valence-electron chi connectivity index (χ2n) is 6.77. The standard InChI is InChI=1S/C19H17Cl2F2NO5/c20-10-5-14(22)17(15(23)6-10)24-4-3-19(28,16(25)8-24)9-29-11-1-2-13(21)12(7-11)18(26)27/h1-2,5-7,16,25,28H,3-4,8-9H2,(H,26,27)/t16-,19-/m1/s1. The van der Waals surface area contributed by atoms with Gasteiger partial charge in [0.1, 0.15) is 29.7 Å². The number of nitrogens with zero attached hydrogens (tertiary/aromatic N) is 1. The van der Waals surface area contributed by atoms with Crippen molar-refractivity contribution in [3.05, 3.63) is 57.6 Å². The molecule has 2 aromatic rings. The van der Waals surface area contributed by atoms with Crippen LogP contribution in [0.4, 0.5) is 14.5 Å². The highest BCUT2D eigenvalue weighted by Gasteiger charge is 2.42. The molecule has 6 nitrogen and oxygen atoms in total. The Morgan fingerprint density at radius 2 is 1.90 bits per heavy atom. The minimum atomic E-state index is -1.70. The zero-order valence-corrected chi connectivity index (χ0v) is 16.4. The SMILES string of the molecule is O=C(O)c1cc(OC[C@]2(O)CCN(c3c(F)cc(Cl)cc3F)C[C@H]2O)ccc1Cl. The van der Waals surface area contributed by atoms with Gasteiger partial charge in [-0.2, -0.15) is 0 Å². The number of anilines is 1. The number of carbonyl (C=O) groups is 1. The molecular weight excluding hydrogens is 431 g/mol. The third-order valence-corrected chi connectivity index (χ3v) is 5.33. The molecule has 1 heterocycles. The number of aliphatic hydroxyl groups is 2. The van der Waals surface area contributed by atoms with E-state index in [1.807, 2.05) is 0 Å². The lowest BCUT2D eigenvalue weighted by Gasteiger charge is -2.42. The smallest absolute Gasteiger partial charge is 0.337 e. The van der Waals surface area contributed by atoms with Crippen LogP contribution in [0.15, 0.2) is 30.3 Å². The second-order valence-corrected chi connectivity index (χ2v) is 7.61. The number of benzene rings is 2. The third-order valence-electron chi connectivity index (χ3n) is 4.78. The minimum absolute atomic E-state index is 0.0314. The van der Waals surface area contributed by atoms with E-state index in [9.17, 15) is 23.8 Å². The van der Waals surface area contributed by atoms with Crippen molar-refractivity contribution >= 4 is 34.9 Å². The molecule has 0 radical (unpaired) electrons. The Morgan fingerprint density at radius 1 is 1.24 bits per heavy atom. The van der Waals surface area contributed by atoms with Crippen molar-refractivity contribution in [1.82, 2.24) is 0 Å². The predicted molar refractivity (Wildman–Crippen MR) is 103 cm³/mol. The first-order valence-electron chi connectivity index (χ1n) is 8.56. The lowest BCUT2D eigenvalue weighted by Crippen LogP contribution is -2.58. The van der Waals surface area contributed by atoms with Crippen LogP contribution in [0, 0.1) is 11.6 Å². The highest BCUT2D eigenvalue weighted by molar-refractivity contribution is 6.33. The Labute approximate surface area is 174 Å². The van der Waals surface area contributed by atoms with Crippen LogP contribution in [0.2, 0.25) is 10.0 Å².